The van der Waals surface area contributed by atoms with Crippen molar-refractivity contribution in [2.24, 2.45) is 0 Å². The first kappa shape index (κ1) is 20.3. The molecule has 0 saturated heterocycles. The van der Waals surface area contributed by atoms with Crippen molar-refractivity contribution in [2.75, 3.05) is 0 Å². The van der Waals surface area contributed by atoms with Crippen molar-refractivity contribution in [2.45, 2.75) is 30.8 Å². The van der Waals surface area contributed by atoms with Crippen LogP contribution in [0.3, 0.4) is 0 Å². The number of benzene rings is 2. The van der Waals surface area contributed by atoms with Crippen LogP contribution in [0.15, 0.2) is 93.2 Å². The second-order valence-corrected chi connectivity index (χ2v) is 8.84. The summed E-state index contributed by atoms with van der Waals surface area (Å²) in [5, 5.41) is 9.35. The van der Waals surface area contributed by atoms with Gasteiger partial charge in [0.15, 0.2) is 5.16 Å². The minimum Gasteiger partial charge on any atom is -0.467 e. The molecule has 0 N–H and O–H groups in total. The lowest BCUT2D eigenvalue weighted by atomic mass is 10.1. The van der Waals surface area contributed by atoms with Gasteiger partial charge in [0.25, 0.3) is 0 Å². The molecule has 0 radical (unpaired) electrons. The highest BCUT2D eigenvalue weighted by atomic mass is 32.2. The number of furan rings is 1. The van der Waals surface area contributed by atoms with Crippen molar-refractivity contribution in [1.82, 2.24) is 19.7 Å². The van der Waals surface area contributed by atoms with Gasteiger partial charge in [-0.25, -0.2) is 4.98 Å². The second kappa shape index (κ2) is 8.88. The molecule has 0 aliphatic rings. The minimum absolute atomic E-state index is 0.0672. The average molecular weight is 443 g/mol. The summed E-state index contributed by atoms with van der Waals surface area (Å²) < 4.78 is 13.8. The number of aromatic nitrogens is 4. The number of imidazole rings is 1. The number of aryl methyl sites for hydroxylation is 1. The first-order chi connectivity index (χ1) is 15.7. The predicted molar refractivity (Wildman–Crippen MR) is 124 cm³/mol. The molecule has 0 aliphatic carbocycles. The van der Waals surface area contributed by atoms with Crippen molar-refractivity contribution in [3.63, 3.8) is 0 Å². The van der Waals surface area contributed by atoms with Crippen molar-refractivity contribution >= 4 is 11.8 Å². The molecule has 0 fully saturated rings. The van der Waals surface area contributed by atoms with Gasteiger partial charge in [-0.3, -0.25) is 0 Å². The SMILES string of the molecule is Cc1cccc(-c2nnc([C@H](C)Sc3ncc(-c4ccccc4)n3Cc3ccco3)o2)c1. The molecule has 0 spiro atoms. The van der Waals surface area contributed by atoms with Crippen molar-refractivity contribution in [3.05, 3.63) is 96.4 Å². The maximum Gasteiger partial charge on any atom is 0.247 e. The summed E-state index contributed by atoms with van der Waals surface area (Å²) in [4.78, 5) is 4.71. The standard InChI is InChI=1S/C25H22N4O2S/c1-17-8-6-11-20(14-17)24-28-27-23(31-24)18(2)32-25-26-15-22(19-9-4-3-5-10-19)29(25)16-21-12-7-13-30-21/h3-15,18H,16H2,1-2H3/t18-/m0/s1. The molecule has 6 nitrogen and oxygen atoms in total. The van der Waals surface area contributed by atoms with Crippen LogP contribution in [0.5, 0.6) is 0 Å². The number of rotatable bonds is 7. The van der Waals surface area contributed by atoms with E-state index in [9.17, 15) is 0 Å². The van der Waals surface area contributed by atoms with Crippen LogP contribution in [0.25, 0.3) is 22.7 Å². The molecular formula is C25H22N4O2S. The molecule has 0 aliphatic heterocycles. The summed E-state index contributed by atoms with van der Waals surface area (Å²) >= 11 is 1.59. The first-order valence-electron chi connectivity index (χ1n) is 10.4. The van der Waals surface area contributed by atoms with Gasteiger partial charge in [0, 0.05) is 5.56 Å². The fraction of sp³-hybridized carbons (Fsp3) is 0.160. The Labute approximate surface area is 190 Å². The molecule has 0 amide bonds. The highest BCUT2D eigenvalue weighted by molar-refractivity contribution is 7.99. The molecule has 32 heavy (non-hydrogen) atoms. The molecule has 2 aromatic carbocycles. The zero-order valence-corrected chi connectivity index (χ0v) is 18.6. The maximum atomic E-state index is 6.00. The fourth-order valence-corrected chi connectivity index (χ4v) is 4.42. The van der Waals surface area contributed by atoms with E-state index in [4.69, 9.17) is 13.8 Å². The van der Waals surface area contributed by atoms with Crippen LogP contribution >= 0.6 is 11.8 Å². The largest absolute Gasteiger partial charge is 0.467 e. The number of hydrogen-bond acceptors (Lipinski definition) is 6. The molecular weight excluding hydrogens is 420 g/mol. The monoisotopic (exact) mass is 442 g/mol. The van der Waals surface area contributed by atoms with E-state index in [2.05, 4.69) is 26.9 Å². The number of thioether (sulfide) groups is 1. The Morgan fingerprint density at radius 3 is 2.59 bits per heavy atom. The maximum absolute atomic E-state index is 6.00. The third-order valence-electron chi connectivity index (χ3n) is 5.12. The Morgan fingerprint density at radius 1 is 0.969 bits per heavy atom. The third-order valence-corrected chi connectivity index (χ3v) is 6.21. The quantitative estimate of drug-likeness (QED) is 0.272. The van der Waals surface area contributed by atoms with Gasteiger partial charge >= 0.3 is 0 Å². The van der Waals surface area contributed by atoms with Crippen LogP contribution in [-0.4, -0.2) is 19.7 Å². The van der Waals surface area contributed by atoms with Gasteiger partial charge in [0.05, 0.1) is 29.9 Å². The summed E-state index contributed by atoms with van der Waals surface area (Å²) in [5.41, 5.74) is 4.21. The Balaban J connectivity index is 1.43. The van der Waals surface area contributed by atoms with E-state index in [1.807, 2.05) is 74.6 Å². The van der Waals surface area contributed by atoms with E-state index in [0.29, 0.717) is 18.3 Å². The van der Waals surface area contributed by atoms with Gasteiger partial charge in [-0.15, -0.1) is 10.2 Å². The highest BCUT2D eigenvalue weighted by Gasteiger charge is 2.21. The lowest BCUT2D eigenvalue weighted by Crippen LogP contribution is -2.04. The van der Waals surface area contributed by atoms with Crippen LogP contribution in [0.2, 0.25) is 0 Å². The number of nitrogens with zero attached hydrogens (tertiary/aromatic N) is 4. The normalized spacial score (nSPS) is 12.2. The van der Waals surface area contributed by atoms with Gasteiger partial charge in [0.2, 0.25) is 11.8 Å². The van der Waals surface area contributed by atoms with Gasteiger partial charge in [-0.1, -0.05) is 59.8 Å². The van der Waals surface area contributed by atoms with Crippen LogP contribution in [0, 0.1) is 6.92 Å². The van der Waals surface area contributed by atoms with Crippen molar-refractivity contribution in [1.29, 1.82) is 0 Å². The Morgan fingerprint density at radius 2 is 1.81 bits per heavy atom. The average Bonchev–Trinajstić information content (AvgIpc) is 3.57. The lowest BCUT2D eigenvalue weighted by Gasteiger charge is -2.12. The summed E-state index contributed by atoms with van der Waals surface area (Å²) in [6, 6.07) is 22.1. The molecule has 7 heteroatoms. The molecule has 0 bridgehead atoms. The summed E-state index contributed by atoms with van der Waals surface area (Å²) in [7, 11) is 0. The summed E-state index contributed by atoms with van der Waals surface area (Å²) in [6.45, 7) is 4.68. The zero-order valence-electron chi connectivity index (χ0n) is 17.8. The first-order valence-corrected chi connectivity index (χ1v) is 11.3. The predicted octanol–water partition coefficient (Wildman–Crippen LogP) is 6.40. The summed E-state index contributed by atoms with van der Waals surface area (Å²) in [6.07, 6.45) is 3.59. The fourth-order valence-electron chi connectivity index (χ4n) is 3.51. The van der Waals surface area contributed by atoms with E-state index in [0.717, 1.165) is 33.3 Å². The van der Waals surface area contributed by atoms with Crippen LogP contribution in [-0.2, 0) is 6.54 Å². The van der Waals surface area contributed by atoms with Gasteiger partial charge in [-0.05, 0) is 43.7 Å². The topological polar surface area (TPSA) is 69.9 Å². The smallest absolute Gasteiger partial charge is 0.247 e. The second-order valence-electron chi connectivity index (χ2n) is 7.53. The van der Waals surface area contributed by atoms with E-state index in [1.54, 1.807) is 18.0 Å². The van der Waals surface area contributed by atoms with Crippen LogP contribution in [0.4, 0.5) is 0 Å². The van der Waals surface area contributed by atoms with E-state index < -0.39 is 0 Å². The van der Waals surface area contributed by atoms with Gasteiger partial charge in [0.1, 0.15) is 5.76 Å². The number of hydrogen-bond donors (Lipinski definition) is 0. The molecule has 160 valence electrons. The molecule has 3 aromatic heterocycles. The summed E-state index contributed by atoms with van der Waals surface area (Å²) in [5.74, 6) is 1.97. The Hall–Kier alpha value is -3.58. The Bertz CT molecular complexity index is 1310. The third kappa shape index (κ3) is 4.24. The Kier molecular flexibility index (Phi) is 5.64. The molecule has 5 aromatic rings. The van der Waals surface area contributed by atoms with Gasteiger partial charge < -0.3 is 13.4 Å². The molecule has 0 saturated carbocycles. The lowest BCUT2D eigenvalue weighted by molar-refractivity contribution is 0.484. The zero-order chi connectivity index (χ0) is 21.9. The van der Waals surface area contributed by atoms with Gasteiger partial charge in [-0.2, -0.15) is 0 Å². The van der Waals surface area contributed by atoms with E-state index >= 15 is 0 Å². The molecule has 0 unspecified atom stereocenters. The van der Waals surface area contributed by atoms with Crippen molar-refractivity contribution < 1.29 is 8.83 Å². The van der Waals surface area contributed by atoms with E-state index in [1.165, 1.54) is 0 Å². The van der Waals surface area contributed by atoms with Crippen LogP contribution < -0.4 is 0 Å². The molecule has 1 atom stereocenters. The minimum atomic E-state index is -0.0672. The van der Waals surface area contributed by atoms with Crippen molar-refractivity contribution in [3.8, 4) is 22.7 Å². The highest BCUT2D eigenvalue weighted by Crippen LogP contribution is 2.37. The molecule has 5 rings (SSSR count). The van der Waals surface area contributed by atoms with Crippen LogP contribution in [0.1, 0.15) is 29.4 Å². The molecule has 3 heterocycles. The van der Waals surface area contributed by atoms with E-state index in [-0.39, 0.29) is 5.25 Å².